The summed E-state index contributed by atoms with van der Waals surface area (Å²) in [5.41, 5.74) is 2.64. The van der Waals surface area contributed by atoms with Crippen LogP contribution in [0.2, 0.25) is 0 Å². The van der Waals surface area contributed by atoms with E-state index in [-0.39, 0.29) is 5.91 Å². The van der Waals surface area contributed by atoms with Crippen LogP contribution < -0.4 is 10.6 Å². The second-order valence-electron chi connectivity index (χ2n) is 6.86. The Morgan fingerprint density at radius 2 is 2.04 bits per heavy atom. The number of piperidine rings is 1. The molecule has 0 aliphatic carbocycles. The molecular weight excluding hydrogens is 286 g/mol. The lowest BCUT2D eigenvalue weighted by atomic mass is 10.0. The van der Waals surface area contributed by atoms with Crippen LogP contribution in [-0.2, 0) is 11.2 Å². The van der Waals surface area contributed by atoms with E-state index in [1.165, 1.54) is 24.0 Å². The number of carbonyl (C=O) groups excluding carboxylic acids is 1. The normalized spacial score (nSPS) is 19.0. The monoisotopic (exact) mass is 317 g/mol. The highest BCUT2D eigenvalue weighted by Gasteiger charge is 2.19. The number of hydrogen-bond donors (Lipinski definition) is 2. The minimum Gasteiger partial charge on any atom is -0.355 e. The zero-order valence-corrected chi connectivity index (χ0v) is 14.8. The molecule has 0 bridgehead atoms. The van der Waals surface area contributed by atoms with Gasteiger partial charge in [0.2, 0.25) is 5.91 Å². The first-order valence-electron chi connectivity index (χ1n) is 8.83. The Hall–Kier alpha value is -1.39. The first-order chi connectivity index (χ1) is 11.1. The molecule has 1 fully saturated rings. The second kappa shape index (κ2) is 9.04. The lowest BCUT2D eigenvalue weighted by Gasteiger charge is -2.31. The molecule has 1 atom stereocenters. The van der Waals surface area contributed by atoms with E-state index in [1.807, 2.05) is 7.05 Å². The van der Waals surface area contributed by atoms with E-state index in [2.05, 4.69) is 53.6 Å². The summed E-state index contributed by atoms with van der Waals surface area (Å²) >= 11 is 0. The van der Waals surface area contributed by atoms with E-state index in [4.69, 9.17) is 0 Å². The van der Waals surface area contributed by atoms with Crippen LogP contribution in [-0.4, -0.2) is 50.1 Å². The van der Waals surface area contributed by atoms with Gasteiger partial charge in [-0.3, -0.25) is 9.69 Å². The molecule has 2 N–H and O–H groups in total. The van der Waals surface area contributed by atoms with Crippen molar-refractivity contribution in [2.45, 2.75) is 45.1 Å². The van der Waals surface area contributed by atoms with Gasteiger partial charge in [0, 0.05) is 19.1 Å². The summed E-state index contributed by atoms with van der Waals surface area (Å²) in [6.07, 6.45) is 3.27. The van der Waals surface area contributed by atoms with Gasteiger partial charge in [0.15, 0.2) is 0 Å². The van der Waals surface area contributed by atoms with Gasteiger partial charge in [-0.15, -0.1) is 0 Å². The number of benzene rings is 1. The van der Waals surface area contributed by atoms with Gasteiger partial charge in [-0.05, 0) is 49.9 Å². The molecule has 23 heavy (non-hydrogen) atoms. The Morgan fingerprint density at radius 1 is 1.30 bits per heavy atom. The smallest absolute Gasteiger partial charge is 0.234 e. The molecular formula is C19H31N3O. The largest absolute Gasteiger partial charge is 0.355 e. The third-order valence-corrected chi connectivity index (χ3v) is 4.66. The predicted molar refractivity (Wildman–Crippen MR) is 95.8 cm³/mol. The van der Waals surface area contributed by atoms with Crippen molar-refractivity contribution < 1.29 is 4.79 Å². The van der Waals surface area contributed by atoms with E-state index in [0.29, 0.717) is 25.0 Å². The summed E-state index contributed by atoms with van der Waals surface area (Å²) in [6, 6.07) is 9.24. The molecule has 0 radical (unpaired) electrons. The van der Waals surface area contributed by atoms with Crippen molar-refractivity contribution in [1.82, 2.24) is 15.5 Å². The molecule has 0 saturated carbocycles. The van der Waals surface area contributed by atoms with Gasteiger partial charge in [-0.1, -0.05) is 38.1 Å². The van der Waals surface area contributed by atoms with Gasteiger partial charge in [-0.25, -0.2) is 0 Å². The molecule has 1 aromatic rings. The Kier molecular flexibility index (Phi) is 7.06. The zero-order chi connectivity index (χ0) is 16.7. The number of rotatable bonds is 7. The fourth-order valence-electron chi connectivity index (χ4n) is 3.11. The van der Waals surface area contributed by atoms with Gasteiger partial charge in [0.1, 0.15) is 0 Å². The Labute approximate surface area is 140 Å². The number of nitrogens with one attached hydrogen (secondary N) is 2. The van der Waals surface area contributed by atoms with Gasteiger partial charge < -0.3 is 10.6 Å². The summed E-state index contributed by atoms with van der Waals surface area (Å²) in [6.45, 7) is 7.64. The van der Waals surface area contributed by atoms with Crippen LogP contribution in [0.3, 0.4) is 0 Å². The van der Waals surface area contributed by atoms with Crippen molar-refractivity contribution >= 4 is 5.91 Å². The van der Waals surface area contributed by atoms with Crippen LogP contribution in [0.4, 0.5) is 0 Å². The average molecular weight is 317 g/mol. The third kappa shape index (κ3) is 5.96. The third-order valence-electron chi connectivity index (χ3n) is 4.66. The van der Waals surface area contributed by atoms with Crippen molar-refractivity contribution in [1.29, 1.82) is 0 Å². The lowest BCUT2D eigenvalue weighted by Crippen LogP contribution is -2.48. The molecule has 0 aromatic heterocycles. The van der Waals surface area contributed by atoms with Gasteiger partial charge in [0.05, 0.1) is 6.54 Å². The van der Waals surface area contributed by atoms with Crippen molar-refractivity contribution in [3.8, 4) is 0 Å². The average Bonchev–Trinajstić information content (AvgIpc) is 2.55. The van der Waals surface area contributed by atoms with Crippen molar-refractivity contribution in [3.05, 3.63) is 35.4 Å². The van der Waals surface area contributed by atoms with E-state index in [9.17, 15) is 4.79 Å². The van der Waals surface area contributed by atoms with Crippen LogP contribution >= 0.6 is 0 Å². The number of carbonyl (C=O) groups is 1. The SMILES string of the molecule is CNC1CCCN(CC(=O)NCCc2ccc(C(C)C)cc2)C1. The molecule has 1 amide bonds. The van der Waals surface area contributed by atoms with E-state index in [0.717, 1.165) is 19.5 Å². The molecule has 1 unspecified atom stereocenters. The fraction of sp³-hybridized carbons (Fsp3) is 0.632. The van der Waals surface area contributed by atoms with Crippen molar-refractivity contribution in [2.75, 3.05) is 33.2 Å². The first kappa shape index (κ1) is 18.0. The Morgan fingerprint density at radius 3 is 2.70 bits per heavy atom. The standard InChI is InChI=1S/C19H31N3O/c1-15(2)17-8-6-16(7-9-17)10-11-21-19(23)14-22-12-4-5-18(13-22)20-3/h6-9,15,18,20H,4-5,10-14H2,1-3H3,(H,21,23). The minimum atomic E-state index is 0.139. The van der Waals surface area contributed by atoms with Crippen LogP contribution in [0, 0.1) is 0 Å². The number of likely N-dealkylation sites (N-methyl/N-ethyl adjacent to an activating group) is 1. The Bertz CT molecular complexity index is 484. The van der Waals surface area contributed by atoms with Crippen LogP contribution in [0.15, 0.2) is 24.3 Å². The van der Waals surface area contributed by atoms with Gasteiger partial charge in [0.25, 0.3) is 0 Å². The molecule has 1 aliphatic heterocycles. The number of hydrogen-bond acceptors (Lipinski definition) is 3. The molecule has 4 nitrogen and oxygen atoms in total. The fourth-order valence-corrected chi connectivity index (χ4v) is 3.11. The number of nitrogens with zero attached hydrogens (tertiary/aromatic N) is 1. The lowest BCUT2D eigenvalue weighted by molar-refractivity contribution is -0.122. The van der Waals surface area contributed by atoms with Gasteiger partial charge >= 0.3 is 0 Å². The van der Waals surface area contributed by atoms with Crippen LogP contribution in [0.25, 0.3) is 0 Å². The quantitative estimate of drug-likeness (QED) is 0.810. The molecule has 1 aliphatic rings. The first-order valence-corrected chi connectivity index (χ1v) is 8.83. The predicted octanol–water partition coefficient (Wildman–Crippen LogP) is 2.15. The highest BCUT2D eigenvalue weighted by molar-refractivity contribution is 5.78. The van der Waals surface area contributed by atoms with E-state index < -0.39 is 0 Å². The molecule has 4 heteroatoms. The molecule has 1 aromatic carbocycles. The maximum Gasteiger partial charge on any atom is 0.234 e. The van der Waals surface area contributed by atoms with Crippen molar-refractivity contribution in [2.24, 2.45) is 0 Å². The highest BCUT2D eigenvalue weighted by Crippen LogP contribution is 2.14. The van der Waals surface area contributed by atoms with Gasteiger partial charge in [-0.2, -0.15) is 0 Å². The van der Waals surface area contributed by atoms with E-state index >= 15 is 0 Å². The number of amides is 1. The summed E-state index contributed by atoms with van der Waals surface area (Å²) in [5.74, 6) is 0.704. The second-order valence-corrected chi connectivity index (χ2v) is 6.86. The van der Waals surface area contributed by atoms with Crippen LogP contribution in [0.1, 0.15) is 43.7 Å². The van der Waals surface area contributed by atoms with E-state index in [1.54, 1.807) is 0 Å². The van der Waals surface area contributed by atoms with Crippen molar-refractivity contribution in [3.63, 3.8) is 0 Å². The molecule has 2 rings (SSSR count). The maximum atomic E-state index is 12.1. The topological polar surface area (TPSA) is 44.4 Å². The maximum absolute atomic E-state index is 12.1. The zero-order valence-electron chi connectivity index (χ0n) is 14.8. The molecule has 128 valence electrons. The molecule has 1 saturated heterocycles. The Balaban J connectivity index is 1.68. The number of likely N-dealkylation sites (tertiary alicyclic amines) is 1. The summed E-state index contributed by atoms with van der Waals surface area (Å²) in [4.78, 5) is 14.3. The summed E-state index contributed by atoms with van der Waals surface area (Å²) < 4.78 is 0. The van der Waals surface area contributed by atoms with Crippen LogP contribution in [0.5, 0.6) is 0 Å². The summed E-state index contributed by atoms with van der Waals surface area (Å²) in [7, 11) is 2.00. The minimum absolute atomic E-state index is 0.139. The highest BCUT2D eigenvalue weighted by atomic mass is 16.2. The molecule has 1 heterocycles. The summed E-state index contributed by atoms with van der Waals surface area (Å²) in [5, 5.41) is 6.36. The molecule has 0 spiro atoms.